The number of methoxy groups -OCH3 is 1. The molecule has 1 aromatic heterocycles. The van der Waals surface area contributed by atoms with Gasteiger partial charge in [0.15, 0.2) is 15.2 Å². The van der Waals surface area contributed by atoms with Crippen molar-refractivity contribution in [2.45, 2.75) is 19.3 Å². The maximum Gasteiger partial charge on any atom is 0.351 e. The van der Waals surface area contributed by atoms with Crippen LogP contribution >= 0.6 is 22.9 Å². The number of aromatic nitrogens is 1. The Balaban J connectivity index is 1.68. The summed E-state index contributed by atoms with van der Waals surface area (Å²) in [6.07, 6.45) is 2.95. The molecule has 1 aromatic rings. The van der Waals surface area contributed by atoms with E-state index in [9.17, 15) is 9.59 Å². The number of nitrogens with zero attached hydrogens (tertiary/aromatic N) is 3. The third-order valence-electron chi connectivity index (χ3n) is 3.95. The molecule has 2 heterocycles. The van der Waals surface area contributed by atoms with Gasteiger partial charge < -0.3 is 14.5 Å². The topological polar surface area (TPSA) is 62.7 Å². The van der Waals surface area contributed by atoms with Crippen molar-refractivity contribution in [3.63, 3.8) is 0 Å². The van der Waals surface area contributed by atoms with E-state index in [0.29, 0.717) is 23.1 Å². The Morgan fingerprint density at radius 3 is 2.73 bits per heavy atom. The molecule has 8 heteroatoms. The highest BCUT2D eigenvalue weighted by atomic mass is 35.5. The summed E-state index contributed by atoms with van der Waals surface area (Å²) in [4.78, 5) is 32.4. The normalized spacial score (nSPS) is 19.0. The maximum absolute atomic E-state index is 12.2. The van der Waals surface area contributed by atoms with Crippen LogP contribution in [0.25, 0.3) is 0 Å². The second-order valence-corrected chi connectivity index (χ2v) is 6.88. The molecule has 0 spiro atoms. The minimum absolute atomic E-state index is 0.182. The lowest BCUT2D eigenvalue weighted by molar-refractivity contribution is -0.132. The summed E-state index contributed by atoms with van der Waals surface area (Å²) in [5.74, 6) is 0.0789. The van der Waals surface area contributed by atoms with Crippen LogP contribution in [0.3, 0.4) is 0 Å². The van der Waals surface area contributed by atoms with Gasteiger partial charge in [0, 0.05) is 32.1 Å². The molecule has 2 fully saturated rings. The standard InChI is InChI=1S/C14H18ClN3O3S/c1-21-13(20)10-11(15)16-14(22-10)18-6-2-5-17(7-8-18)12(19)9-3-4-9/h9H,2-8H2,1H3. The number of anilines is 1. The third kappa shape index (κ3) is 3.20. The first-order chi connectivity index (χ1) is 10.6. The summed E-state index contributed by atoms with van der Waals surface area (Å²) in [5.41, 5.74) is 0. The molecule has 0 atom stereocenters. The zero-order chi connectivity index (χ0) is 15.7. The van der Waals surface area contributed by atoms with Gasteiger partial charge in [0.25, 0.3) is 0 Å². The molecule has 6 nitrogen and oxygen atoms in total. The Kier molecular flexibility index (Phi) is 4.54. The number of carbonyl (C=O) groups excluding carboxylic acids is 2. The molecule has 0 N–H and O–H groups in total. The largest absolute Gasteiger partial charge is 0.465 e. The van der Waals surface area contributed by atoms with E-state index in [4.69, 9.17) is 16.3 Å². The fourth-order valence-corrected chi connectivity index (χ4v) is 3.81. The smallest absolute Gasteiger partial charge is 0.351 e. The number of amides is 1. The Morgan fingerprint density at radius 2 is 2.05 bits per heavy atom. The van der Waals surface area contributed by atoms with Gasteiger partial charge in [0.05, 0.1) is 7.11 Å². The van der Waals surface area contributed by atoms with E-state index < -0.39 is 5.97 Å². The summed E-state index contributed by atoms with van der Waals surface area (Å²) in [5, 5.41) is 0.896. The zero-order valence-corrected chi connectivity index (χ0v) is 14.0. The summed E-state index contributed by atoms with van der Waals surface area (Å²) >= 11 is 7.26. The predicted octanol–water partition coefficient (Wildman–Crippen LogP) is 2.03. The maximum atomic E-state index is 12.2. The second kappa shape index (κ2) is 6.42. The van der Waals surface area contributed by atoms with Gasteiger partial charge in [-0.2, -0.15) is 0 Å². The third-order valence-corrected chi connectivity index (χ3v) is 5.43. The van der Waals surface area contributed by atoms with Crippen LogP contribution in [-0.4, -0.2) is 55.0 Å². The van der Waals surface area contributed by atoms with Crippen molar-refractivity contribution >= 4 is 39.9 Å². The highest BCUT2D eigenvalue weighted by molar-refractivity contribution is 7.18. The average Bonchev–Trinajstić information content (AvgIpc) is 3.32. The van der Waals surface area contributed by atoms with Crippen molar-refractivity contribution in [1.29, 1.82) is 0 Å². The SMILES string of the molecule is COC(=O)c1sc(N2CCCN(C(=O)C3CC3)CC2)nc1Cl. The van der Waals surface area contributed by atoms with Crippen LogP contribution in [0.5, 0.6) is 0 Å². The Labute approximate surface area is 138 Å². The fourth-order valence-electron chi connectivity index (χ4n) is 2.56. The molecule has 1 saturated carbocycles. The van der Waals surface area contributed by atoms with Gasteiger partial charge in [-0.1, -0.05) is 22.9 Å². The second-order valence-electron chi connectivity index (χ2n) is 5.55. The van der Waals surface area contributed by atoms with E-state index in [1.165, 1.54) is 18.4 Å². The van der Waals surface area contributed by atoms with E-state index in [2.05, 4.69) is 9.88 Å². The van der Waals surface area contributed by atoms with Crippen LogP contribution < -0.4 is 4.90 Å². The zero-order valence-electron chi connectivity index (χ0n) is 12.4. The Morgan fingerprint density at radius 1 is 1.27 bits per heavy atom. The van der Waals surface area contributed by atoms with Gasteiger partial charge in [0.2, 0.25) is 5.91 Å². The number of hydrogen-bond donors (Lipinski definition) is 0. The van der Waals surface area contributed by atoms with Gasteiger partial charge in [0.1, 0.15) is 0 Å². The molecule has 0 radical (unpaired) electrons. The van der Waals surface area contributed by atoms with Crippen LogP contribution in [0.4, 0.5) is 5.13 Å². The van der Waals surface area contributed by atoms with Gasteiger partial charge in [-0.05, 0) is 19.3 Å². The number of halogens is 1. The van der Waals surface area contributed by atoms with Gasteiger partial charge in [-0.25, -0.2) is 9.78 Å². The lowest BCUT2D eigenvalue weighted by Crippen LogP contribution is -2.36. The average molecular weight is 344 g/mol. The molecule has 0 aromatic carbocycles. The summed E-state index contributed by atoms with van der Waals surface area (Å²) < 4.78 is 4.70. The first kappa shape index (κ1) is 15.6. The van der Waals surface area contributed by atoms with Crippen LogP contribution in [0.15, 0.2) is 0 Å². The monoisotopic (exact) mass is 343 g/mol. The number of hydrogen-bond acceptors (Lipinski definition) is 6. The minimum Gasteiger partial charge on any atom is -0.465 e. The minimum atomic E-state index is -0.464. The molecule has 120 valence electrons. The van der Waals surface area contributed by atoms with Crippen LogP contribution in [-0.2, 0) is 9.53 Å². The van der Waals surface area contributed by atoms with Crippen LogP contribution in [0, 0.1) is 5.92 Å². The van der Waals surface area contributed by atoms with Gasteiger partial charge in [-0.15, -0.1) is 0 Å². The van der Waals surface area contributed by atoms with Crippen molar-refractivity contribution in [2.24, 2.45) is 5.92 Å². The van der Waals surface area contributed by atoms with Crippen LogP contribution in [0.2, 0.25) is 5.15 Å². The summed E-state index contributed by atoms with van der Waals surface area (Å²) in [6.45, 7) is 3.00. The lowest BCUT2D eigenvalue weighted by atomic mass is 10.3. The van der Waals surface area contributed by atoms with Gasteiger partial charge in [-0.3, -0.25) is 4.79 Å². The first-order valence-electron chi connectivity index (χ1n) is 7.38. The quantitative estimate of drug-likeness (QED) is 0.786. The van der Waals surface area contributed by atoms with E-state index in [1.54, 1.807) is 0 Å². The molecule has 1 aliphatic heterocycles. The molecular formula is C14H18ClN3O3S. The van der Waals surface area contributed by atoms with E-state index >= 15 is 0 Å². The van der Waals surface area contributed by atoms with E-state index in [0.717, 1.165) is 32.4 Å². The highest BCUT2D eigenvalue weighted by Gasteiger charge is 2.34. The van der Waals surface area contributed by atoms with Crippen LogP contribution in [0.1, 0.15) is 28.9 Å². The number of esters is 1. The molecular weight excluding hydrogens is 326 g/mol. The Bertz CT molecular complexity index is 588. The van der Waals surface area contributed by atoms with Crippen molar-refractivity contribution in [2.75, 3.05) is 38.2 Å². The molecule has 1 amide bonds. The molecule has 2 aliphatic rings. The molecule has 1 aliphatic carbocycles. The summed E-state index contributed by atoms with van der Waals surface area (Å²) in [6, 6.07) is 0. The number of ether oxygens (including phenoxy) is 1. The van der Waals surface area contributed by atoms with Crippen molar-refractivity contribution in [3.05, 3.63) is 10.0 Å². The van der Waals surface area contributed by atoms with E-state index in [1.807, 2.05) is 4.90 Å². The number of rotatable bonds is 3. The Hall–Kier alpha value is -1.34. The molecule has 22 heavy (non-hydrogen) atoms. The van der Waals surface area contributed by atoms with Crippen molar-refractivity contribution in [1.82, 2.24) is 9.88 Å². The summed E-state index contributed by atoms with van der Waals surface area (Å²) in [7, 11) is 1.32. The first-order valence-corrected chi connectivity index (χ1v) is 8.58. The number of carbonyl (C=O) groups is 2. The fraction of sp³-hybridized carbons (Fsp3) is 0.643. The molecule has 1 saturated heterocycles. The van der Waals surface area contributed by atoms with Crippen molar-refractivity contribution in [3.8, 4) is 0 Å². The lowest BCUT2D eigenvalue weighted by Gasteiger charge is -2.21. The molecule has 0 unspecified atom stereocenters. The predicted molar refractivity (Wildman–Crippen MR) is 84.6 cm³/mol. The van der Waals surface area contributed by atoms with Crippen molar-refractivity contribution < 1.29 is 14.3 Å². The van der Waals surface area contributed by atoms with E-state index in [-0.39, 0.29) is 17.0 Å². The molecule has 3 rings (SSSR count). The van der Waals surface area contributed by atoms with Gasteiger partial charge >= 0.3 is 5.97 Å². The highest BCUT2D eigenvalue weighted by Crippen LogP contribution is 2.33. The number of thiazole rings is 1. The molecule has 0 bridgehead atoms.